The van der Waals surface area contributed by atoms with Gasteiger partial charge in [-0.3, -0.25) is 4.79 Å². The molecule has 2 rings (SSSR count). The highest BCUT2D eigenvalue weighted by molar-refractivity contribution is 7.19. The van der Waals surface area contributed by atoms with Crippen molar-refractivity contribution >= 4 is 27.7 Å². The van der Waals surface area contributed by atoms with Gasteiger partial charge in [0.05, 0.1) is 11.6 Å². The van der Waals surface area contributed by atoms with E-state index in [2.05, 4.69) is 0 Å². The van der Waals surface area contributed by atoms with Gasteiger partial charge in [-0.2, -0.15) is 5.26 Å². The summed E-state index contributed by atoms with van der Waals surface area (Å²) in [6, 6.07) is 7.48. The first-order valence-electron chi connectivity index (χ1n) is 4.14. The van der Waals surface area contributed by atoms with Gasteiger partial charge in [0.15, 0.2) is 6.29 Å². The molecular formula is C11H7NOS. The van der Waals surface area contributed by atoms with Gasteiger partial charge < -0.3 is 0 Å². The van der Waals surface area contributed by atoms with E-state index in [0.29, 0.717) is 11.1 Å². The van der Waals surface area contributed by atoms with E-state index in [1.165, 1.54) is 0 Å². The summed E-state index contributed by atoms with van der Waals surface area (Å²) in [5.74, 6) is 0. The number of aldehydes is 1. The first-order chi connectivity index (χ1) is 6.74. The van der Waals surface area contributed by atoms with E-state index in [-0.39, 0.29) is 0 Å². The molecule has 0 N–H and O–H groups in total. The largest absolute Gasteiger partial charge is 0.298 e. The minimum Gasteiger partial charge on any atom is -0.298 e. The van der Waals surface area contributed by atoms with Crippen molar-refractivity contribution in [1.29, 1.82) is 5.26 Å². The number of nitrogens with zero attached hydrogens (tertiary/aromatic N) is 1. The molecular weight excluding hydrogens is 194 g/mol. The van der Waals surface area contributed by atoms with Crippen molar-refractivity contribution in [3.8, 4) is 6.07 Å². The Bertz CT molecular complexity index is 548. The fraction of sp³-hybridized carbons (Fsp3) is 0.0909. The number of fused-ring (bicyclic) bond motifs is 1. The third kappa shape index (κ3) is 1.30. The van der Waals surface area contributed by atoms with E-state index in [1.54, 1.807) is 17.4 Å². The van der Waals surface area contributed by atoms with Gasteiger partial charge in [0.1, 0.15) is 0 Å². The Kier molecular flexibility index (Phi) is 2.06. The average molecular weight is 201 g/mol. The summed E-state index contributed by atoms with van der Waals surface area (Å²) in [7, 11) is 0. The third-order valence-corrected chi connectivity index (χ3v) is 3.14. The van der Waals surface area contributed by atoms with Crippen molar-refractivity contribution in [2.45, 2.75) is 6.92 Å². The molecule has 1 aromatic heterocycles. The Labute approximate surface area is 85.4 Å². The van der Waals surface area contributed by atoms with Gasteiger partial charge >= 0.3 is 0 Å². The van der Waals surface area contributed by atoms with Crippen LogP contribution in [0.2, 0.25) is 0 Å². The smallest absolute Gasteiger partial charge is 0.151 e. The highest BCUT2D eigenvalue weighted by Gasteiger charge is 2.06. The molecule has 0 atom stereocenters. The molecule has 14 heavy (non-hydrogen) atoms. The molecule has 0 aliphatic carbocycles. The average Bonchev–Trinajstić information content (AvgIpc) is 2.56. The number of benzene rings is 1. The first-order valence-corrected chi connectivity index (χ1v) is 4.95. The van der Waals surface area contributed by atoms with Crippen LogP contribution in [0.4, 0.5) is 0 Å². The molecule has 0 saturated heterocycles. The number of carbonyl (C=O) groups excluding carboxylic acids is 1. The van der Waals surface area contributed by atoms with Crippen LogP contribution in [-0.4, -0.2) is 6.29 Å². The summed E-state index contributed by atoms with van der Waals surface area (Å²) >= 11 is 1.58. The minimum absolute atomic E-state index is 0.539. The SMILES string of the molecule is Cc1cc2cc(C#N)cc(C=O)c2s1. The molecule has 0 saturated carbocycles. The molecule has 68 valence electrons. The van der Waals surface area contributed by atoms with Crippen LogP contribution in [0.3, 0.4) is 0 Å². The van der Waals surface area contributed by atoms with Crippen LogP contribution in [0, 0.1) is 18.3 Å². The fourth-order valence-corrected chi connectivity index (χ4v) is 2.43. The summed E-state index contributed by atoms with van der Waals surface area (Å²) in [6.07, 6.45) is 0.805. The number of carbonyl (C=O) groups is 1. The fourth-order valence-electron chi connectivity index (χ4n) is 1.46. The van der Waals surface area contributed by atoms with Gasteiger partial charge in [0.2, 0.25) is 0 Å². The van der Waals surface area contributed by atoms with Crippen LogP contribution in [0.1, 0.15) is 20.8 Å². The molecule has 0 aliphatic heterocycles. The zero-order valence-electron chi connectivity index (χ0n) is 7.57. The van der Waals surface area contributed by atoms with Crippen molar-refractivity contribution in [2.75, 3.05) is 0 Å². The van der Waals surface area contributed by atoms with Crippen molar-refractivity contribution in [2.24, 2.45) is 0 Å². The second-order valence-electron chi connectivity index (χ2n) is 3.07. The van der Waals surface area contributed by atoms with Crippen LogP contribution in [0.5, 0.6) is 0 Å². The molecule has 1 heterocycles. The lowest BCUT2D eigenvalue weighted by Gasteiger charge is -1.94. The molecule has 2 aromatic rings. The zero-order valence-corrected chi connectivity index (χ0v) is 8.39. The van der Waals surface area contributed by atoms with Gasteiger partial charge in [-0.25, -0.2) is 0 Å². The summed E-state index contributed by atoms with van der Waals surface area (Å²) in [4.78, 5) is 11.9. The van der Waals surface area contributed by atoms with Crippen LogP contribution in [-0.2, 0) is 0 Å². The highest BCUT2D eigenvalue weighted by atomic mass is 32.1. The Morgan fingerprint density at radius 3 is 2.86 bits per heavy atom. The second-order valence-corrected chi connectivity index (χ2v) is 4.33. The zero-order chi connectivity index (χ0) is 10.1. The van der Waals surface area contributed by atoms with E-state index >= 15 is 0 Å². The van der Waals surface area contributed by atoms with E-state index in [4.69, 9.17) is 5.26 Å². The van der Waals surface area contributed by atoms with Crippen LogP contribution in [0.25, 0.3) is 10.1 Å². The molecule has 0 amide bonds. The molecule has 2 nitrogen and oxygen atoms in total. The minimum atomic E-state index is 0.539. The first kappa shape index (κ1) is 8.92. The highest BCUT2D eigenvalue weighted by Crippen LogP contribution is 2.28. The number of rotatable bonds is 1. The van der Waals surface area contributed by atoms with Gasteiger partial charge in [-0.1, -0.05) is 0 Å². The van der Waals surface area contributed by atoms with Crippen molar-refractivity contribution in [3.05, 3.63) is 34.2 Å². The van der Waals surface area contributed by atoms with Crippen LogP contribution in [0.15, 0.2) is 18.2 Å². The predicted octanol–water partition coefficient (Wildman–Crippen LogP) is 2.89. The number of hydrogen-bond acceptors (Lipinski definition) is 3. The van der Waals surface area contributed by atoms with Crippen LogP contribution < -0.4 is 0 Å². The summed E-state index contributed by atoms with van der Waals surface area (Å²) in [5, 5.41) is 9.74. The van der Waals surface area contributed by atoms with E-state index in [9.17, 15) is 4.79 Å². The molecule has 0 spiro atoms. The summed E-state index contributed by atoms with van der Waals surface area (Å²) in [6.45, 7) is 1.99. The number of hydrogen-bond donors (Lipinski definition) is 0. The third-order valence-electron chi connectivity index (χ3n) is 2.02. The van der Waals surface area contributed by atoms with E-state index in [0.717, 1.165) is 21.2 Å². The van der Waals surface area contributed by atoms with Gasteiger partial charge in [-0.15, -0.1) is 11.3 Å². The molecule has 0 bridgehead atoms. The maximum atomic E-state index is 10.8. The molecule has 0 fully saturated rings. The molecule has 1 aromatic carbocycles. The quantitative estimate of drug-likeness (QED) is 0.665. The Hall–Kier alpha value is -1.66. The lowest BCUT2D eigenvalue weighted by Crippen LogP contribution is -1.82. The predicted molar refractivity (Wildman–Crippen MR) is 56.7 cm³/mol. The van der Waals surface area contributed by atoms with Crippen molar-refractivity contribution in [3.63, 3.8) is 0 Å². The second kappa shape index (κ2) is 3.24. The van der Waals surface area contributed by atoms with E-state index in [1.807, 2.05) is 25.1 Å². The lowest BCUT2D eigenvalue weighted by atomic mass is 10.1. The molecule has 3 heteroatoms. The van der Waals surface area contributed by atoms with Crippen molar-refractivity contribution in [1.82, 2.24) is 0 Å². The summed E-state index contributed by atoms with van der Waals surface area (Å²) < 4.78 is 0.969. The maximum absolute atomic E-state index is 10.8. The van der Waals surface area contributed by atoms with Gasteiger partial charge in [-0.05, 0) is 30.5 Å². The topological polar surface area (TPSA) is 40.9 Å². The number of thiophene rings is 1. The summed E-state index contributed by atoms with van der Waals surface area (Å²) in [5.41, 5.74) is 1.15. The van der Waals surface area contributed by atoms with Gasteiger partial charge in [0, 0.05) is 15.1 Å². The van der Waals surface area contributed by atoms with Gasteiger partial charge in [0.25, 0.3) is 0 Å². The molecule has 0 radical (unpaired) electrons. The Morgan fingerprint density at radius 1 is 1.43 bits per heavy atom. The number of aryl methyl sites for hydroxylation is 1. The molecule has 0 aliphatic rings. The standard InChI is InChI=1S/C11H7NOS/c1-7-2-9-3-8(5-12)4-10(6-13)11(9)14-7/h2-4,6H,1H3. The van der Waals surface area contributed by atoms with E-state index < -0.39 is 0 Å². The Morgan fingerprint density at radius 2 is 2.21 bits per heavy atom. The molecule has 0 unspecified atom stereocenters. The Balaban J connectivity index is 2.87. The monoisotopic (exact) mass is 201 g/mol. The number of nitriles is 1. The van der Waals surface area contributed by atoms with Crippen molar-refractivity contribution < 1.29 is 4.79 Å². The maximum Gasteiger partial charge on any atom is 0.151 e. The normalized spacial score (nSPS) is 10.0. The lowest BCUT2D eigenvalue weighted by molar-refractivity contribution is 0.112. The van der Waals surface area contributed by atoms with Crippen LogP contribution >= 0.6 is 11.3 Å².